The van der Waals surface area contributed by atoms with Crippen LogP contribution in [-0.2, 0) is 6.54 Å². The number of nitrogens with one attached hydrogen (secondary N) is 1. The molecule has 1 aliphatic carbocycles. The average Bonchev–Trinajstić information content (AvgIpc) is 2.65. The number of rotatable bonds is 6. The van der Waals surface area contributed by atoms with Gasteiger partial charge in [-0.2, -0.15) is 5.26 Å². The highest BCUT2D eigenvalue weighted by Crippen LogP contribution is 2.39. The third-order valence-electron chi connectivity index (χ3n) is 5.82. The van der Waals surface area contributed by atoms with Crippen molar-refractivity contribution in [2.75, 3.05) is 6.54 Å². The van der Waals surface area contributed by atoms with Crippen LogP contribution in [0, 0.1) is 22.7 Å². The van der Waals surface area contributed by atoms with Crippen molar-refractivity contribution in [1.82, 2.24) is 5.32 Å². The first-order valence-electron chi connectivity index (χ1n) is 10.2. The minimum atomic E-state index is 0.352. The fourth-order valence-corrected chi connectivity index (χ4v) is 4.07. The van der Waals surface area contributed by atoms with Gasteiger partial charge in [0.15, 0.2) is 0 Å². The van der Waals surface area contributed by atoms with Gasteiger partial charge in [-0.25, -0.2) is 0 Å². The maximum Gasteiger partial charge on any atom is 0.120 e. The number of fused-ring (bicyclic) bond motifs is 1. The summed E-state index contributed by atoms with van der Waals surface area (Å²) in [4.78, 5) is 0. The van der Waals surface area contributed by atoms with E-state index in [-0.39, 0.29) is 0 Å². The Labute approximate surface area is 163 Å². The zero-order valence-electron chi connectivity index (χ0n) is 16.9. The molecule has 0 spiro atoms. The van der Waals surface area contributed by atoms with E-state index in [1.54, 1.807) is 0 Å². The summed E-state index contributed by atoms with van der Waals surface area (Å²) in [5.74, 6) is 1.80. The molecule has 3 heteroatoms. The monoisotopic (exact) mass is 364 g/mol. The molecule has 0 aliphatic heterocycles. The molecule has 0 radical (unpaired) electrons. The quantitative estimate of drug-likeness (QED) is 0.656. The molecule has 27 heavy (non-hydrogen) atoms. The summed E-state index contributed by atoms with van der Waals surface area (Å²) in [6.45, 7) is 8.60. The maximum atomic E-state index is 8.59. The molecule has 1 aliphatic rings. The molecule has 1 N–H and O–H groups in total. The van der Waals surface area contributed by atoms with Crippen LogP contribution in [0.25, 0.3) is 10.8 Å². The van der Waals surface area contributed by atoms with Crippen molar-refractivity contribution >= 4 is 10.8 Å². The summed E-state index contributed by atoms with van der Waals surface area (Å²) in [5.41, 5.74) is 1.66. The summed E-state index contributed by atoms with van der Waals surface area (Å²) in [6.07, 6.45) is 5.75. The Morgan fingerprint density at radius 3 is 2.44 bits per heavy atom. The molecular weight excluding hydrogens is 332 g/mol. The van der Waals surface area contributed by atoms with E-state index in [4.69, 9.17) is 10.00 Å². The van der Waals surface area contributed by atoms with Crippen LogP contribution in [-0.4, -0.2) is 12.6 Å². The number of ether oxygens (including phenoxy) is 1. The molecule has 0 saturated heterocycles. The smallest absolute Gasteiger partial charge is 0.120 e. The molecule has 0 bridgehead atoms. The van der Waals surface area contributed by atoms with Crippen LogP contribution in [0.4, 0.5) is 0 Å². The van der Waals surface area contributed by atoms with Gasteiger partial charge in [-0.1, -0.05) is 39.0 Å². The van der Waals surface area contributed by atoms with Crippen molar-refractivity contribution in [2.45, 2.75) is 65.5 Å². The molecule has 0 heterocycles. The third-order valence-corrected chi connectivity index (χ3v) is 5.82. The van der Waals surface area contributed by atoms with Crippen molar-refractivity contribution in [3.8, 4) is 11.8 Å². The molecule has 3 rings (SSSR count). The van der Waals surface area contributed by atoms with Crippen molar-refractivity contribution in [2.24, 2.45) is 11.3 Å². The van der Waals surface area contributed by atoms with E-state index in [1.165, 1.54) is 29.2 Å². The molecule has 2 aromatic carbocycles. The van der Waals surface area contributed by atoms with Gasteiger partial charge in [0.05, 0.1) is 12.2 Å². The lowest BCUT2D eigenvalue weighted by Gasteiger charge is -2.37. The van der Waals surface area contributed by atoms with Crippen LogP contribution in [0.15, 0.2) is 36.4 Å². The second-order valence-electron chi connectivity index (χ2n) is 8.89. The van der Waals surface area contributed by atoms with E-state index in [1.807, 2.05) is 0 Å². The first-order valence-corrected chi connectivity index (χ1v) is 10.2. The lowest BCUT2D eigenvalue weighted by Crippen LogP contribution is -2.30. The van der Waals surface area contributed by atoms with E-state index < -0.39 is 0 Å². The van der Waals surface area contributed by atoms with Gasteiger partial charge in [-0.05, 0) is 71.6 Å². The highest BCUT2D eigenvalue weighted by molar-refractivity contribution is 5.84. The van der Waals surface area contributed by atoms with Gasteiger partial charge < -0.3 is 10.1 Å². The molecule has 1 saturated carbocycles. The molecule has 0 unspecified atom stereocenters. The first kappa shape index (κ1) is 19.7. The SMILES string of the molecule is CC(C)(C)[C@H]1CC[C@H](Oc2ccc3cc(CNCCC#N)ccc3c2)CC1. The summed E-state index contributed by atoms with van der Waals surface area (Å²) in [5, 5.41) is 14.3. The number of hydrogen-bond acceptors (Lipinski definition) is 3. The average molecular weight is 365 g/mol. The number of nitrogens with zero attached hydrogens (tertiary/aromatic N) is 1. The molecule has 144 valence electrons. The molecule has 0 atom stereocenters. The molecular formula is C24H32N2O. The van der Waals surface area contributed by atoms with E-state index in [2.05, 4.69) is 68.6 Å². The summed E-state index contributed by atoms with van der Waals surface area (Å²) >= 11 is 0. The molecule has 3 nitrogen and oxygen atoms in total. The van der Waals surface area contributed by atoms with E-state index in [9.17, 15) is 0 Å². The second-order valence-corrected chi connectivity index (χ2v) is 8.89. The summed E-state index contributed by atoms with van der Waals surface area (Å²) in [6, 6.07) is 15.1. The standard InChI is InChI=1S/C24H32N2O/c1-24(2,3)21-8-11-22(12-9-21)27-23-10-7-19-15-18(5-6-20(19)16-23)17-26-14-4-13-25/h5-7,10,15-16,21-22,26H,4,8-9,11-12,14,17H2,1-3H3/t21-,22-. The van der Waals surface area contributed by atoms with Crippen LogP contribution in [0.1, 0.15) is 58.4 Å². The normalized spacial score (nSPS) is 20.4. The summed E-state index contributed by atoms with van der Waals surface area (Å²) < 4.78 is 6.30. The van der Waals surface area contributed by atoms with Crippen molar-refractivity contribution < 1.29 is 4.74 Å². The van der Waals surface area contributed by atoms with Gasteiger partial charge in [0.2, 0.25) is 0 Å². The van der Waals surface area contributed by atoms with Gasteiger partial charge in [-0.3, -0.25) is 0 Å². The minimum Gasteiger partial charge on any atom is -0.490 e. The Bertz CT molecular complexity index is 792. The highest BCUT2D eigenvalue weighted by atomic mass is 16.5. The Morgan fingerprint density at radius 1 is 1.04 bits per heavy atom. The Balaban J connectivity index is 1.58. The zero-order valence-corrected chi connectivity index (χ0v) is 16.9. The van der Waals surface area contributed by atoms with Gasteiger partial charge in [0, 0.05) is 19.5 Å². The zero-order chi connectivity index (χ0) is 19.3. The second kappa shape index (κ2) is 8.76. The fraction of sp³-hybridized carbons (Fsp3) is 0.542. The molecule has 0 amide bonds. The maximum absolute atomic E-state index is 8.59. The Hall–Kier alpha value is -2.05. The van der Waals surface area contributed by atoms with E-state index in [0.29, 0.717) is 17.9 Å². The number of nitriles is 1. The Kier molecular flexibility index (Phi) is 6.39. The predicted molar refractivity (Wildman–Crippen MR) is 112 cm³/mol. The van der Waals surface area contributed by atoms with Crippen molar-refractivity contribution in [3.63, 3.8) is 0 Å². The van der Waals surface area contributed by atoms with Gasteiger partial charge in [-0.15, -0.1) is 0 Å². The van der Waals surface area contributed by atoms with Crippen LogP contribution in [0.2, 0.25) is 0 Å². The van der Waals surface area contributed by atoms with E-state index >= 15 is 0 Å². The number of hydrogen-bond donors (Lipinski definition) is 1. The highest BCUT2D eigenvalue weighted by Gasteiger charge is 2.30. The molecule has 2 aromatic rings. The summed E-state index contributed by atoms with van der Waals surface area (Å²) in [7, 11) is 0. The molecule has 0 aromatic heterocycles. The van der Waals surface area contributed by atoms with E-state index in [0.717, 1.165) is 37.6 Å². The van der Waals surface area contributed by atoms with Crippen LogP contribution in [0.5, 0.6) is 5.75 Å². The topological polar surface area (TPSA) is 45.0 Å². The first-order chi connectivity index (χ1) is 13.0. The lowest BCUT2D eigenvalue weighted by molar-refractivity contribution is 0.0883. The Morgan fingerprint density at radius 2 is 1.74 bits per heavy atom. The van der Waals surface area contributed by atoms with Crippen LogP contribution in [0.3, 0.4) is 0 Å². The van der Waals surface area contributed by atoms with Gasteiger partial charge in [0.25, 0.3) is 0 Å². The van der Waals surface area contributed by atoms with Crippen molar-refractivity contribution in [3.05, 3.63) is 42.0 Å². The predicted octanol–water partition coefficient (Wildman–Crippen LogP) is 5.83. The minimum absolute atomic E-state index is 0.352. The van der Waals surface area contributed by atoms with Crippen molar-refractivity contribution in [1.29, 1.82) is 5.26 Å². The van der Waals surface area contributed by atoms with Crippen LogP contribution >= 0.6 is 0 Å². The largest absolute Gasteiger partial charge is 0.490 e. The van der Waals surface area contributed by atoms with Gasteiger partial charge in [0.1, 0.15) is 5.75 Å². The van der Waals surface area contributed by atoms with Crippen LogP contribution < -0.4 is 10.1 Å². The van der Waals surface area contributed by atoms with Gasteiger partial charge >= 0.3 is 0 Å². The fourth-order valence-electron chi connectivity index (χ4n) is 4.07. The lowest BCUT2D eigenvalue weighted by atomic mass is 9.72. The number of benzene rings is 2. The third kappa shape index (κ3) is 5.47. The molecule has 1 fully saturated rings.